The molecule has 0 unspecified atom stereocenters. The highest BCUT2D eigenvalue weighted by molar-refractivity contribution is 9.12. The first-order valence-electron chi connectivity index (χ1n) is 7.39. The maximum absolute atomic E-state index is 12.5. The minimum absolute atomic E-state index is 0.128. The summed E-state index contributed by atoms with van der Waals surface area (Å²) >= 11 is 3.24. The maximum Gasteiger partial charge on any atom is 0.345 e. The Morgan fingerprint density at radius 1 is 1.26 bits per heavy atom. The summed E-state index contributed by atoms with van der Waals surface area (Å²) in [6.07, 6.45) is 1.76. The number of Topliss-reactive ketones (excluding diaryl/α,β-unsaturated/α-hetero) is 1. The number of hydrogen-bond donors (Lipinski definition) is 1. The standard InChI is InChI=1S/C15H18BrNO6/c1-15(2)22-13(19)11(14(20)23-15)10-9(7-8(16)12(10)18)17-3-5-21-6-4-17/h7,9-10,19H,3-6H2,1-2H3/t9-,10-/m0/s1. The van der Waals surface area contributed by atoms with Gasteiger partial charge in [0.25, 0.3) is 11.7 Å². The van der Waals surface area contributed by atoms with Crippen molar-refractivity contribution in [2.24, 2.45) is 5.92 Å². The third kappa shape index (κ3) is 3.02. The highest BCUT2D eigenvalue weighted by atomic mass is 79.9. The number of cyclic esters (lactones) is 1. The van der Waals surface area contributed by atoms with Crippen LogP contribution in [0, 0.1) is 5.92 Å². The second-order valence-corrected chi connectivity index (χ2v) is 6.96. The summed E-state index contributed by atoms with van der Waals surface area (Å²) in [5, 5.41) is 10.2. The Labute approximate surface area is 142 Å². The summed E-state index contributed by atoms with van der Waals surface area (Å²) in [6.45, 7) is 5.43. The average molecular weight is 388 g/mol. The number of halogens is 1. The van der Waals surface area contributed by atoms with E-state index >= 15 is 0 Å². The fourth-order valence-electron chi connectivity index (χ4n) is 3.06. The molecule has 0 amide bonds. The molecule has 1 aliphatic carbocycles. The molecule has 0 spiro atoms. The number of carbonyl (C=O) groups excluding carboxylic acids is 2. The average Bonchev–Trinajstić information content (AvgIpc) is 2.75. The molecule has 0 radical (unpaired) electrons. The van der Waals surface area contributed by atoms with E-state index in [0.717, 1.165) is 0 Å². The highest BCUT2D eigenvalue weighted by Gasteiger charge is 2.49. The number of ketones is 1. The lowest BCUT2D eigenvalue weighted by Crippen LogP contribution is -2.49. The summed E-state index contributed by atoms with van der Waals surface area (Å²) < 4.78 is 16.1. The fourth-order valence-corrected chi connectivity index (χ4v) is 3.58. The molecule has 0 saturated carbocycles. The van der Waals surface area contributed by atoms with Gasteiger partial charge in [0.05, 0.1) is 23.6 Å². The lowest BCUT2D eigenvalue weighted by atomic mass is 9.90. The molecule has 1 fully saturated rings. The fraction of sp³-hybridized carbons (Fsp3) is 0.600. The van der Waals surface area contributed by atoms with Crippen molar-refractivity contribution in [3.05, 3.63) is 22.1 Å². The van der Waals surface area contributed by atoms with Crippen LogP contribution in [0.5, 0.6) is 0 Å². The Bertz CT molecular complexity index is 605. The van der Waals surface area contributed by atoms with Crippen molar-refractivity contribution in [2.75, 3.05) is 26.3 Å². The van der Waals surface area contributed by atoms with Gasteiger partial charge < -0.3 is 19.3 Å². The molecule has 3 aliphatic rings. The Morgan fingerprint density at radius 3 is 2.52 bits per heavy atom. The van der Waals surface area contributed by atoms with Gasteiger partial charge in [-0.15, -0.1) is 0 Å². The Hall–Kier alpha value is -1.38. The molecule has 0 bridgehead atoms. The van der Waals surface area contributed by atoms with E-state index in [-0.39, 0.29) is 17.4 Å². The van der Waals surface area contributed by atoms with Crippen LogP contribution in [0.25, 0.3) is 0 Å². The first-order valence-corrected chi connectivity index (χ1v) is 8.18. The van der Waals surface area contributed by atoms with Crippen LogP contribution in [0.2, 0.25) is 0 Å². The smallest absolute Gasteiger partial charge is 0.345 e. The number of morpholine rings is 1. The molecule has 7 nitrogen and oxygen atoms in total. The summed E-state index contributed by atoms with van der Waals surface area (Å²) in [7, 11) is 0. The van der Waals surface area contributed by atoms with Crippen LogP contribution in [0.4, 0.5) is 0 Å². The van der Waals surface area contributed by atoms with E-state index in [1.165, 1.54) is 13.8 Å². The van der Waals surface area contributed by atoms with Gasteiger partial charge in [-0.2, -0.15) is 0 Å². The van der Waals surface area contributed by atoms with Gasteiger partial charge in [-0.1, -0.05) is 0 Å². The topological polar surface area (TPSA) is 85.3 Å². The third-order valence-corrected chi connectivity index (χ3v) is 4.74. The SMILES string of the molecule is CC1(C)OC(=O)C([C@H]2C(=O)C(Br)=C[C@@H]2N2CCOCC2)=C(O)O1. The van der Waals surface area contributed by atoms with Crippen molar-refractivity contribution in [2.45, 2.75) is 25.7 Å². The van der Waals surface area contributed by atoms with Crippen molar-refractivity contribution >= 4 is 27.7 Å². The van der Waals surface area contributed by atoms with Crippen LogP contribution in [-0.2, 0) is 23.8 Å². The minimum atomic E-state index is -1.26. The molecule has 2 atom stereocenters. The number of aliphatic hydroxyl groups is 1. The van der Waals surface area contributed by atoms with Crippen LogP contribution in [0.1, 0.15) is 13.8 Å². The van der Waals surface area contributed by atoms with Crippen molar-refractivity contribution < 1.29 is 28.9 Å². The number of carbonyl (C=O) groups is 2. The zero-order chi connectivity index (χ0) is 16.8. The van der Waals surface area contributed by atoms with Gasteiger partial charge >= 0.3 is 5.97 Å². The predicted molar refractivity (Wildman–Crippen MR) is 82.6 cm³/mol. The zero-order valence-corrected chi connectivity index (χ0v) is 14.5. The molecule has 0 aromatic carbocycles. The van der Waals surface area contributed by atoms with Crippen molar-refractivity contribution in [1.82, 2.24) is 4.90 Å². The molecule has 3 rings (SSSR count). The summed E-state index contributed by atoms with van der Waals surface area (Å²) in [4.78, 5) is 26.9. The van der Waals surface area contributed by atoms with Gasteiger partial charge in [-0.25, -0.2) is 4.79 Å². The Morgan fingerprint density at radius 2 is 1.91 bits per heavy atom. The van der Waals surface area contributed by atoms with Crippen LogP contribution in [-0.4, -0.2) is 59.9 Å². The summed E-state index contributed by atoms with van der Waals surface area (Å²) in [5.74, 6) is -3.66. The van der Waals surface area contributed by atoms with E-state index < -0.39 is 23.6 Å². The van der Waals surface area contributed by atoms with Crippen LogP contribution in [0.15, 0.2) is 22.1 Å². The molecule has 8 heteroatoms. The van der Waals surface area contributed by atoms with Crippen molar-refractivity contribution in [3.8, 4) is 0 Å². The second kappa shape index (κ2) is 5.92. The van der Waals surface area contributed by atoms with Gasteiger partial charge in [0, 0.05) is 33.0 Å². The number of nitrogens with zero attached hydrogens (tertiary/aromatic N) is 1. The maximum atomic E-state index is 12.5. The molecule has 2 heterocycles. The molecule has 0 aromatic heterocycles. The number of hydrogen-bond acceptors (Lipinski definition) is 7. The largest absolute Gasteiger partial charge is 0.480 e. The lowest BCUT2D eigenvalue weighted by molar-refractivity contribution is -0.223. The molecule has 2 aliphatic heterocycles. The van der Waals surface area contributed by atoms with E-state index in [2.05, 4.69) is 15.9 Å². The summed E-state index contributed by atoms with van der Waals surface area (Å²) in [6, 6.07) is -0.352. The van der Waals surface area contributed by atoms with Crippen molar-refractivity contribution in [3.63, 3.8) is 0 Å². The van der Waals surface area contributed by atoms with E-state index in [1.54, 1.807) is 6.08 Å². The number of aliphatic hydroxyl groups excluding tert-OH is 1. The van der Waals surface area contributed by atoms with Gasteiger partial charge in [-0.3, -0.25) is 9.69 Å². The van der Waals surface area contributed by atoms with Gasteiger partial charge in [-0.05, 0) is 22.0 Å². The first kappa shape index (κ1) is 16.5. The molecular weight excluding hydrogens is 370 g/mol. The molecule has 1 N–H and O–H groups in total. The number of esters is 1. The zero-order valence-electron chi connectivity index (χ0n) is 12.9. The normalized spacial score (nSPS) is 31.7. The lowest BCUT2D eigenvalue weighted by Gasteiger charge is -2.37. The Balaban J connectivity index is 1.95. The van der Waals surface area contributed by atoms with Crippen LogP contribution >= 0.6 is 15.9 Å². The van der Waals surface area contributed by atoms with E-state index in [1.807, 2.05) is 4.90 Å². The van der Waals surface area contributed by atoms with Crippen LogP contribution < -0.4 is 0 Å². The first-order chi connectivity index (χ1) is 10.8. The number of rotatable bonds is 2. The molecule has 1 saturated heterocycles. The van der Waals surface area contributed by atoms with E-state index in [4.69, 9.17) is 14.2 Å². The highest BCUT2D eigenvalue weighted by Crippen LogP contribution is 2.39. The van der Waals surface area contributed by atoms with Gasteiger partial charge in [0.15, 0.2) is 5.78 Å². The quantitative estimate of drug-likeness (QED) is 0.713. The Kier molecular flexibility index (Phi) is 4.24. The van der Waals surface area contributed by atoms with E-state index in [0.29, 0.717) is 30.8 Å². The van der Waals surface area contributed by atoms with Crippen molar-refractivity contribution in [1.29, 1.82) is 0 Å². The molecular formula is C15H18BrNO6. The molecule has 0 aromatic rings. The van der Waals surface area contributed by atoms with Gasteiger partial charge in [0.1, 0.15) is 5.57 Å². The predicted octanol–water partition coefficient (Wildman–Crippen LogP) is 1.24. The van der Waals surface area contributed by atoms with Crippen LogP contribution in [0.3, 0.4) is 0 Å². The summed E-state index contributed by atoms with van der Waals surface area (Å²) in [5.41, 5.74) is -0.128. The number of allylic oxidation sites excluding steroid dienone is 1. The number of ether oxygens (including phenoxy) is 3. The van der Waals surface area contributed by atoms with Gasteiger partial charge in [0.2, 0.25) is 0 Å². The third-order valence-electron chi connectivity index (χ3n) is 4.09. The second-order valence-electron chi connectivity index (χ2n) is 6.11. The minimum Gasteiger partial charge on any atom is -0.480 e. The van der Waals surface area contributed by atoms with E-state index in [9.17, 15) is 14.7 Å². The molecule has 126 valence electrons. The molecule has 23 heavy (non-hydrogen) atoms. The monoisotopic (exact) mass is 387 g/mol.